The molecule has 34 heavy (non-hydrogen) atoms. The van der Waals surface area contributed by atoms with Gasteiger partial charge in [0.15, 0.2) is 0 Å². The Bertz CT molecular complexity index is 678. The third kappa shape index (κ3) is 10.8. The van der Waals surface area contributed by atoms with Crippen LogP contribution in [0.2, 0.25) is 0 Å². The molecule has 4 N–H and O–H groups in total. The van der Waals surface area contributed by atoms with E-state index in [-0.39, 0.29) is 12.1 Å². The van der Waals surface area contributed by atoms with E-state index in [1.165, 1.54) is 25.7 Å². The van der Waals surface area contributed by atoms with Crippen molar-refractivity contribution in [1.82, 2.24) is 10.6 Å². The van der Waals surface area contributed by atoms with E-state index in [0.717, 1.165) is 61.0 Å². The van der Waals surface area contributed by atoms with Crippen LogP contribution in [0.3, 0.4) is 0 Å². The summed E-state index contributed by atoms with van der Waals surface area (Å²) in [6.07, 6.45) is 10.7. The van der Waals surface area contributed by atoms with Crippen molar-refractivity contribution < 1.29 is 9.59 Å². The summed E-state index contributed by atoms with van der Waals surface area (Å²) in [4.78, 5) is 25.3. The number of benzene rings is 1. The van der Waals surface area contributed by atoms with Gasteiger partial charge in [0, 0.05) is 24.5 Å². The number of urea groups is 2. The molecule has 0 aliphatic carbocycles. The molecule has 6 nitrogen and oxygen atoms in total. The van der Waals surface area contributed by atoms with Crippen molar-refractivity contribution in [3.05, 3.63) is 23.3 Å². The van der Waals surface area contributed by atoms with Crippen molar-refractivity contribution in [1.29, 1.82) is 0 Å². The fourth-order valence-electron chi connectivity index (χ4n) is 4.21. The molecule has 0 saturated heterocycles. The third-order valence-corrected chi connectivity index (χ3v) is 6.78. The van der Waals surface area contributed by atoms with Crippen molar-refractivity contribution in [2.24, 2.45) is 11.8 Å². The zero-order valence-corrected chi connectivity index (χ0v) is 22.6. The molecule has 2 atom stereocenters. The topological polar surface area (TPSA) is 82.3 Å². The minimum atomic E-state index is -0.189. The second-order valence-electron chi connectivity index (χ2n) is 9.38. The molecule has 0 aliphatic rings. The molecule has 2 unspecified atom stereocenters. The number of hydrogen-bond acceptors (Lipinski definition) is 2. The summed E-state index contributed by atoms with van der Waals surface area (Å²) < 4.78 is 0. The van der Waals surface area contributed by atoms with Crippen molar-refractivity contribution >= 4 is 23.4 Å². The number of hydrogen-bond donors (Lipinski definition) is 4. The fourth-order valence-corrected chi connectivity index (χ4v) is 4.21. The van der Waals surface area contributed by atoms with Crippen LogP contribution < -0.4 is 21.3 Å². The molecule has 1 aromatic rings. The number of unbranched alkanes of at least 4 members (excludes halogenated alkanes) is 2. The molecule has 1 rings (SSSR count). The summed E-state index contributed by atoms with van der Waals surface area (Å²) >= 11 is 0. The van der Waals surface area contributed by atoms with E-state index in [9.17, 15) is 9.59 Å². The lowest BCUT2D eigenvalue weighted by molar-refractivity contribution is 0.248. The molecule has 0 aliphatic heterocycles. The number of nitrogens with one attached hydrogen (secondary N) is 4. The molecule has 4 amide bonds. The van der Waals surface area contributed by atoms with Crippen LogP contribution in [0.1, 0.15) is 104 Å². The van der Waals surface area contributed by atoms with Crippen LogP contribution in [0.4, 0.5) is 21.0 Å². The molecular formula is C28H50N4O2. The summed E-state index contributed by atoms with van der Waals surface area (Å²) in [5.74, 6) is 1.01. The maximum absolute atomic E-state index is 12.6. The minimum absolute atomic E-state index is 0.189. The first-order valence-electron chi connectivity index (χ1n) is 13.7. The maximum Gasteiger partial charge on any atom is 0.319 e. The standard InChI is InChI=1S/C28H50N4O2/c1-7-13-15-21(9-3)19-29-27(33)31-25-18-26(24(12-6)17-23(25)11-5)32-28(34)30-20-22(10-4)16-14-8-2/h17-18,21-22H,7-16,19-20H2,1-6H3,(H2,29,31,33)(H2,30,32,34). The van der Waals surface area contributed by atoms with Crippen LogP contribution in [0.15, 0.2) is 12.1 Å². The Balaban J connectivity index is 2.83. The Labute approximate surface area is 208 Å². The Hall–Kier alpha value is -2.24. The van der Waals surface area contributed by atoms with E-state index in [2.05, 4.69) is 68.9 Å². The van der Waals surface area contributed by atoms with Crippen LogP contribution >= 0.6 is 0 Å². The zero-order chi connectivity index (χ0) is 25.3. The van der Waals surface area contributed by atoms with Gasteiger partial charge in [-0.1, -0.05) is 86.1 Å². The van der Waals surface area contributed by atoms with Crippen molar-refractivity contribution in [3.8, 4) is 0 Å². The van der Waals surface area contributed by atoms with Crippen molar-refractivity contribution in [3.63, 3.8) is 0 Å². The first-order valence-corrected chi connectivity index (χ1v) is 13.7. The number of carbonyl (C=O) groups is 2. The predicted octanol–water partition coefficient (Wildman–Crippen LogP) is 7.49. The van der Waals surface area contributed by atoms with Gasteiger partial charge in [-0.25, -0.2) is 9.59 Å². The van der Waals surface area contributed by atoms with E-state index in [1.807, 2.05) is 6.07 Å². The number of amides is 4. The van der Waals surface area contributed by atoms with Gasteiger partial charge in [-0.05, 0) is 54.7 Å². The minimum Gasteiger partial charge on any atom is -0.338 e. The smallest absolute Gasteiger partial charge is 0.319 e. The number of aryl methyl sites for hydroxylation is 2. The molecular weight excluding hydrogens is 424 g/mol. The Morgan fingerprint density at radius 1 is 0.676 bits per heavy atom. The van der Waals surface area contributed by atoms with Crippen LogP contribution in [0.5, 0.6) is 0 Å². The Kier molecular flexibility index (Phi) is 15.1. The lowest BCUT2D eigenvalue weighted by atomic mass is 9.99. The fraction of sp³-hybridized carbons (Fsp3) is 0.714. The Morgan fingerprint density at radius 2 is 1.09 bits per heavy atom. The first kappa shape index (κ1) is 29.8. The maximum atomic E-state index is 12.6. The second kappa shape index (κ2) is 17.2. The number of carbonyl (C=O) groups excluding carboxylic acids is 2. The van der Waals surface area contributed by atoms with Crippen molar-refractivity contribution in [2.75, 3.05) is 23.7 Å². The van der Waals surface area contributed by atoms with E-state index in [0.29, 0.717) is 24.9 Å². The molecule has 0 fully saturated rings. The largest absolute Gasteiger partial charge is 0.338 e. The van der Waals surface area contributed by atoms with Crippen LogP contribution in [-0.4, -0.2) is 25.2 Å². The molecule has 0 radical (unpaired) electrons. The summed E-state index contributed by atoms with van der Waals surface area (Å²) in [5.41, 5.74) is 3.65. The molecule has 1 aromatic carbocycles. The van der Waals surface area contributed by atoms with Gasteiger partial charge in [0.1, 0.15) is 0 Å². The molecule has 0 heterocycles. The van der Waals surface area contributed by atoms with E-state index >= 15 is 0 Å². The monoisotopic (exact) mass is 474 g/mol. The van der Waals surface area contributed by atoms with E-state index in [1.54, 1.807) is 0 Å². The van der Waals surface area contributed by atoms with Gasteiger partial charge in [0.05, 0.1) is 0 Å². The molecule has 194 valence electrons. The second-order valence-corrected chi connectivity index (χ2v) is 9.38. The van der Waals surface area contributed by atoms with Crippen LogP contribution in [-0.2, 0) is 12.8 Å². The van der Waals surface area contributed by atoms with Gasteiger partial charge >= 0.3 is 12.1 Å². The lowest BCUT2D eigenvalue weighted by Crippen LogP contribution is -2.34. The van der Waals surface area contributed by atoms with Gasteiger partial charge in [-0.2, -0.15) is 0 Å². The first-order chi connectivity index (χ1) is 16.4. The molecule has 0 aromatic heterocycles. The van der Waals surface area contributed by atoms with Crippen LogP contribution in [0, 0.1) is 11.8 Å². The molecule has 0 bridgehead atoms. The van der Waals surface area contributed by atoms with Gasteiger partial charge in [0.2, 0.25) is 0 Å². The average molecular weight is 475 g/mol. The van der Waals surface area contributed by atoms with Gasteiger partial charge in [-0.15, -0.1) is 0 Å². The lowest BCUT2D eigenvalue weighted by Gasteiger charge is -2.19. The molecule has 0 spiro atoms. The summed E-state index contributed by atoms with van der Waals surface area (Å²) in [7, 11) is 0. The highest BCUT2D eigenvalue weighted by Gasteiger charge is 2.15. The highest BCUT2D eigenvalue weighted by Crippen LogP contribution is 2.27. The number of anilines is 2. The van der Waals surface area contributed by atoms with Gasteiger partial charge in [-0.3, -0.25) is 0 Å². The molecule has 6 heteroatoms. The Morgan fingerprint density at radius 3 is 1.41 bits per heavy atom. The summed E-state index contributed by atoms with van der Waals surface area (Å²) in [5, 5.41) is 12.1. The normalized spacial score (nSPS) is 12.6. The van der Waals surface area contributed by atoms with E-state index in [4.69, 9.17) is 0 Å². The third-order valence-electron chi connectivity index (χ3n) is 6.78. The highest BCUT2D eigenvalue weighted by atomic mass is 16.2. The quantitative estimate of drug-likeness (QED) is 0.200. The van der Waals surface area contributed by atoms with E-state index < -0.39 is 0 Å². The van der Waals surface area contributed by atoms with Crippen LogP contribution in [0.25, 0.3) is 0 Å². The molecule has 0 saturated carbocycles. The summed E-state index contributed by atoms with van der Waals surface area (Å²) in [6.45, 7) is 14.3. The average Bonchev–Trinajstić information content (AvgIpc) is 2.84. The number of rotatable bonds is 16. The van der Waals surface area contributed by atoms with Gasteiger partial charge in [0.25, 0.3) is 0 Å². The SMILES string of the molecule is CCCCC(CC)CNC(=O)Nc1cc(NC(=O)NCC(CC)CCCC)c(CC)cc1CC. The summed E-state index contributed by atoms with van der Waals surface area (Å²) in [6, 6.07) is 3.62. The van der Waals surface area contributed by atoms with Crippen molar-refractivity contribution in [2.45, 2.75) is 106 Å². The predicted molar refractivity (Wildman–Crippen MR) is 146 cm³/mol. The van der Waals surface area contributed by atoms with Gasteiger partial charge < -0.3 is 21.3 Å². The highest BCUT2D eigenvalue weighted by molar-refractivity contribution is 5.94. The zero-order valence-electron chi connectivity index (χ0n) is 22.6.